The number of amides is 2. The molecule has 0 bridgehead atoms. The molecule has 2 amide bonds. The van der Waals surface area contributed by atoms with Gasteiger partial charge in [-0.3, -0.25) is 9.59 Å². The predicted molar refractivity (Wildman–Crippen MR) is 120 cm³/mol. The summed E-state index contributed by atoms with van der Waals surface area (Å²) in [6, 6.07) is 15.4. The lowest BCUT2D eigenvalue weighted by Gasteiger charge is -2.36. The van der Waals surface area contributed by atoms with Gasteiger partial charge in [-0.1, -0.05) is 38.1 Å². The largest absolute Gasteiger partial charge is 0.497 e. The second-order valence-corrected chi connectivity index (χ2v) is 8.21. The minimum Gasteiger partial charge on any atom is -0.497 e. The van der Waals surface area contributed by atoms with Gasteiger partial charge < -0.3 is 19.3 Å². The number of nitrogens with zero attached hydrogens (tertiary/aromatic N) is 2. The first-order valence-electron chi connectivity index (χ1n) is 10.8. The molecule has 0 saturated carbocycles. The molecule has 1 aliphatic heterocycles. The van der Waals surface area contributed by atoms with Gasteiger partial charge in [0.25, 0.3) is 5.91 Å². The Morgan fingerprint density at radius 2 is 1.39 bits per heavy atom. The molecule has 2 aromatic rings. The first kappa shape index (κ1) is 22.7. The van der Waals surface area contributed by atoms with Gasteiger partial charge in [0.05, 0.1) is 13.5 Å². The third-order valence-electron chi connectivity index (χ3n) is 5.67. The van der Waals surface area contributed by atoms with Crippen LogP contribution in [-0.2, 0) is 16.0 Å². The van der Waals surface area contributed by atoms with Crippen LogP contribution in [0.2, 0.25) is 0 Å². The third-order valence-corrected chi connectivity index (χ3v) is 5.67. The molecule has 6 heteroatoms. The molecule has 1 saturated heterocycles. The van der Waals surface area contributed by atoms with Crippen LogP contribution in [0.1, 0.15) is 37.8 Å². The molecule has 0 N–H and O–H groups in total. The molecule has 0 spiro atoms. The van der Waals surface area contributed by atoms with Crippen molar-refractivity contribution in [3.8, 4) is 11.5 Å². The molecule has 1 unspecified atom stereocenters. The Labute approximate surface area is 184 Å². The van der Waals surface area contributed by atoms with Crippen molar-refractivity contribution in [1.29, 1.82) is 0 Å². The van der Waals surface area contributed by atoms with Gasteiger partial charge in [0.1, 0.15) is 11.5 Å². The van der Waals surface area contributed by atoms with Crippen LogP contribution in [0, 0.1) is 0 Å². The van der Waals surface area contributed by atoms with E-state index in [-0.39, 0.29) is 11.8 Å². The van der Waals surface area contributed by atoms with Crippen molar-refractivity contribution in [1.82, 2.24) is 9.80 Å². The second kappa shape index (κ2) is 10.3. The van der Waals surface area contributed by atoms with Crippen molar-refractivity contribution >= 4 is 11.8 Å². The number of piperazine rings is 1. The first-order chi connectivity index (χ1) is 14.9. The van der Waals surface area contributed by atoms with Crippen LogP contribution in [-0.4, -0.2) is 61.0 Å². The molecule has 3 rings (SSSR count). The van der Waals surface area contributed by atoms with Crippen molar-refractivity contribution in [3.05, 3.63) is 59.7 Å². The highest BCUT2D eigenvalue weighted by Gasteiger charge is 2.27. The van der Waals surface area contributed by atoms with Crippen LogP contribution in [0.15, 0.2) is 48.5 Å². The Bertz CT molecular complexity index is 869. The van der Waals surface area contributed by atoms with Crippen LogP contribution in [0.4, 0.5) is 0 Å². The molecule has 6 nitrogen and oxygen atoms in total. The van der Waals surface area contributed by atoms with Crippen molar-refractivity contribution in [3.63, 3.8) is 0 Å². The second-order valence-electron chi connectivity index (χ2n) is 8.21. The molecule has 0 aliphatic carbocycles. The average Bonchev–Trinajstić information content (AvgIpc) is 2.79. The summed E-state index contributed by atoms with van der Waals surface area (Å²) in [5.41, 5.74) is 2.19. The lowest BCUT2D eigenvalue weighted by molar-refractivity contribution is -0.143. The van der Waals surface area contributed by atoms with E-state index in [0.29, 0.717) is 44.3 Å². The van der Waals surface area contributed by atoms with Gasteiger partial charge in [0.2, 0.25) is 5.91 Å². The number of methoxy groups -OCH3 is 1. The van der Waals surface area contributed by atoms with Gasteiger partial charge >= 0.3 is 0 Å². The highest BCUT2D eigenvalue weighted by Crippen LogP contribution is 2.20. The summed E-state index contributed by atoms with van der Waals surface area (Å²) in [6.07, 6.45) is -0.212. The fourth-order valence-electron chi connectivity index (χ4n) is 3.65. The minimum absolute atomic E-state index is 0.0461. The molecule has 0 aromatic heterocycles. The molecule has 166 valence electrons. The van der Waals surface area contributed by atoms with E-state index >= 15 is 0 Å². The fraction of sp³-hybridized carbons (Fsp3) is 0.440. The quantitative estimate of drug-likeness (QED) is 0.683. The SMILES string of the molecule is COc1ccc(CC(=O)N2CCN(C(=O)C(C)Oc3ccc(C(C)C)cc3)CC2)cc1. The highest BCUT2D eigenvalue weighted by molar-refractivity contribution is 5.82. The normalized spacial score (nSPS) is 15.0. The molecule has 1 heterocycles. The van der Waals surface area contributed by atoms with Crippen molar-refractivity contribution in [2.45, 2.75) is 39.2 Å². The van der Waals surface area contributed by atoms with E-state index in [2.05, 4.69) is 13.8 Å². The number of ether oxygens (including phenoxy) is 2. The maximum absolute atomic E-state index is 12.8. The summed E-state index contributed by atoms with van der Waals surface area (Å²) < 4.78 is 11.0. The summed E-state index contributed by atoms with van der Waals surface area (Å²) in [6.45, 7) is 8.18. The molecule has 0 radical (unpaired) electrons. The number of carbonyl (C=O) groups is 2. The zero-order chi connectivity index (χ0) is 22.4. The van der Waals surface area contributed by atoms with Gasteiger partial charge in [-0.25, -0.2) is 0 Å². The molecular weight excluding hydrogens is 392 g/mol. The molecule has 2 aromatic carbocycles. The summed E-state index contributed by atoms with van der Waals surface area (Å²) in [5.74, 6) is 1.95. The number of rotatable bonds is 7. The zero-order valence-corrected chi connectivity index (χ0v) is 18.8. The van der Waals surface area contributed by atoms with Crippen LogP contribution in [0.5, 0.6) is 11.5 Å². The number of hydrogen-bond donors (Lipinski definition) is 0. The summed E-state index contributed by atoms with van der Waals surface area (Å²) in [7, 11) is 1.62. The maximum Gasteiger partial charge on any atom is 0.263 e. The third kappa shape index (κ3) is 6.00. The number of carbonyl (C=O) groups excluding carboxylic acids is 2. The standard InChI is InChI=1S/C25H32N2O4/c1-18(2)21-7-11-23(12-8-21)31-19(3)25(29)27-15-13-26(14-16-27)24(28)17-20-5-9-22(30-4)10-6-20/h5-12,18-19H,13-17H2,1-4H3. The van der Waals surface area contributed by atoms with Gasteiger partial charge in [-0.15, -0.1) is 0 Å². The zero-order valence-electron chi connectivity index (χ0n) is 18.8. The van der Waals surface area contributed by atoms with Crippen molar-refractivity contribution in [2.24, 2.45) is 0 Å². The Balaban J connectivity index is 1.47. The fourth-order valence-corrected chi connectivity index (χ4v) is 3.65. The van der Waals surface area contributed by atoms with Gasteiger partial charge in [-0.2, -0.15) is 0 Å². The Morgan fingerprint density at radius 1 is 0.839 bits per heavy atom. The lowest BCUT2D eigenvalue weighted by atomic mass is 10.0. The molecule has 31 heavy (non-hydrogen) atoms. The topological polar surface area (TPSA) is 59.1 Å². The van der Waals surface area contributed by atoms with Gasteiger partial charge in [0.15, 0.2) is 6.10 Å². The van der Waals surface area contributed by atoms with E-state index in [4.69, 9.17) is 9.47 Å². The van der Waals surface area contributed by atoms with Crippen molar-refractivity contribution < 1.29 is 19.1 Å². The smallest absolute Gasteiger partial charge is 0.263 e. The lowest BCUT2D eigenvalue weighted by Crippen LogP contribution is -2.53. The van der Waals surface area contributed by atoms with Gasteiger partial charge in [0, 0.05) is 26.2 Å². The van der Waals surface area contributed by atoms with E-state index in [1.54, 1.807) is 18.9 Å². The monoisotopic (exact) mass is 424 g/mol. The predicted octanol–water partition coefficient (Wildman–Crippen LogP) is 3.50. The Morgan fingerprint density at radius 3 is 1.94 bits per heavy atom. The number of benzene rings is 2. The van der Waals surface area contributed by atoms with Crippen molar-refractivity contribution in [2.75, 3.05) is 33.3 Å². The van der Waals surface area contributed by atoms with Crippen LogP contribution >= 0.6 is 0 Å². The van der Waals surface area contributed by atoms with Crippen LogP contribution < -0.4 is 9.47 Å². The Kier molecular flexibility index (Phi) is 7.55. The van der Waals surface area contributed by atoms with Crippen LogP contribution in [0.3, 0.4) is 0 Å². The first-order valence-corrected chi connectivity index (χ1v) is 10.8. The van der Waals surface area contributed by atoms with E-state index in [0.717, 1.165) is 11.3 Å². The van der Waals surface area contributed by atoms with Gasteiger partial charge in [-0.05, 0) is 48.2 Å². The van der Waals surface area contributed by atoms with E-state index < -0.39 is 6.10 Å². The highest BCUT2D eigenvalue weighted by atomic mass is 16.5. The van der Waals surface area contributed by atoms with Crippen LogP contribution in [0.25, 0.3) is 0 Å². The van der Waals surface area contributed by atoms with E-state index in [9.17, 15) is 9.59 Å². The van der Waals surface area contributed by atoms with E-state index in [1.165, 1.54) is 5.56 Å². The average molecular weight is 425 g/mol. The summed E-state index contributed by atoms with van der Waals surface area (Å²) in [5, 5.41) is 0. The molecular formula is C25H32N2O4. The Hall–Kier alpha value is -3.02. The molecule has 1 atom stereocenters. The summed E-state index contributed by atoms with van der Waals surface area (Å²) in [4.78, 5) is 29.0. The maximum atomic E-state index is 12.8. The van der Waals surface area contributed by atoms with E-state index in [1.807, 2.05) is 53.4 Å². The number of hydrogen-bond acceptors (Lipinski definition) is 4. The molecule has 1 aliphatic rings. The summed E-state index contributed by atoms with van der Waals surface area (Å²) >= 11 is 0. The minimum atomic E-state index is -0.563. The molecule has 1 fully saturated rings.